The van der Waals surface area contributed by atoms with Gasteiger partial charge >= 0.3 is 5.97 Å². The van der Waals surface area contributed by atoms with Gasteiger partial charge in [0.15, 0.2) is 0 Å². The summed E-state index contributed by atoms with van der Waals surface area (Å²) in [6, 6.07) is 10.3. The molecule has 0 unspecified atom stereocenters. The molecule has 1 aromatic carbocycles. The van der Waals surface area contributed by atoms with E-state index in [-0.39, 0.29) is 11.3 Å². The molecular weight excluding hydrogens is 340 g/mol. The van der Waals surface area contributed by atoms with Crippen molar-refractivity contribution in [2.45, 2.75) is 46.0 Å². The van der Waals surface area contributed by atoms with E-state index in [9.17, 15) is 4.79 Å². The van der Waals surface area contributed by atoms with Gasteiger partial charge in [-0.05, 0) is 42.9 Å². The van der Waals surface area contributed by atoms with Crippen LogP contribution < -0.4 is 10.2 Å². The van der Waals surface area contributed by atoms with Crippen LogP contribution in [0.25, 0.3) is 0 Å². The summed E-state index contributed by atoms with van der Waals surface area (Å²) in [5, 5.41) is 12.4. The molecule has 0 spiro atoms. The molecule has 0 aliphatic carbocycles. The van der Waals surface area contributed by atoms with E-state index in [2.05, 4.69) is 53.1 Å². The summed E-state index contributed by atoms with van der Waals surface area (Å²) in [7, 11) is 0. The highest BCUT2D eigenvalue weighted by Crippen LogP contribution is 2.26. The molecule has 3 rings (SSSR count). The second kappa shape index (κ2) is 7.55. The molecule has 1 aromatic heterocycles. The number of piperidine rings is 1. The lowest BCUT2D eigenvalue weighted by Crippen LogP contribution is -2.36. The number of anilines is 3. The van der Waals surface area contributed by atoms with Gasteiger partial charge in [-0.1, -0.05) is 32.9 Å². The molecule has 0 bridgehead atoms. The van der Waals surface area contributed by atoms with Crippen LogP contribution >= 0.6 is 0 Å². The Morgan fingerprint density at radius 1 is 1.15 bits per heavy atom. The number of rotatable bonds is 4. The Balaban J connectivity index is 1.73. The maximum Gasteiger partial charge on any atom is 0.306 e. The first-order valence-corrected chi connectivity index (χ1v) is 9.43. The zero-order valence-electron chi connectivity index (χ0n) is 16.5. The first kappa shape index (κ1) is 19.1. The van der Waals surface area contributed by atoms with Gasteiger partial charge < -0.3 is 15.3 Å². The number of hydrogen-bond donors (Lipinski definition) is 2. The predicted molar refractivity (Wildman–Crippen MR) is 108 cm³/mol. The number of carbonyl (C=O) groups is 1. The van der Waals surface area contributed by atoms with Crippen molar-refractivity contribution in [3.8, 4) is 0 Å². The quantitative estimate of drug-likeness (QED) is 0.845. The maximum atomic E-state index is 11.1. The minimum Gasteiger partial charge on any atom is -0.481 e. The summed E-state index contributed by atoms with van der Waals surface area (Å²) >= 11 is 0. The highest BCUT2D eigenvalue weighted by atomic mass is 16.4. The predicted octanol–water partition coefficient (Wildman–Crippen LogP) is 4.13. The monoisotopic (exact) mass is 368 g/mol. The van der Waals surface area contributed by atoms with Crippen LogP contribution in [0.4, 0.5) is 17.5 Å². The molecule has 0 amide bonds. The maximum absolute atomic E-state index is 11.1. The largest absolute Gasteiger partial charge is 0.481 e. The average Bonchev–Trinajstić information content (AvgIpc) is 2.61. The average molecular weight is 368 g/mol. The molecule has 6 nitrogen and oxygen atoms in total. The van der Waals surface area contributed by atoms with Gasteiger partial charge in [-0.2, -0.15) is 4.98 Å². The van der Waals surface area contributed by atoms with Crippen LogP contribution in [-0.2, 0) is 10.2 Å². The van der Waals surface area contributed by atoms with Crippen LogP contribution in [0, 0.1) is 12.8 Å². The van der Waals surface area contributed by atoms with E-state index in [4.69, 9.17) is 5.11 Å². The van der Waals surface area contributed by atoms with Crippen molar-refractivity contribution in [1.29, 1.82) is 0 Å². The molecule has 0 saturated carbocycles. The smallest absolute Gasteiger partial charge is 0.306 e. The van der Waals surface area contributed by atoms with Gasteiger partial charge in [0, 0.05) is 30.5 Å². The minimum absolute atomic E-state index is 0.119. The molecule has 144 valence electrons. The first-order chi connectivity index (χ1) is 12.7. The number of aromatic nitrogens is 2. The zero-order chi connectivity index (χ0) is 19.6. The van der Waals surface area contributed by atoms with Gasteiger partial charge in [-0.3, -0.25) is 4.79 Å². The van der Waals surface area contributed by atoms with Gasteiger partial charge in [0.05, 0.1) is 5.92 Å². The Bertz CT molecular complexity index is 804. The molecule has 1 saturated heterocycles. The lowest BCUT2D eigenvalue weighted by atomic mass is 9.87. The Morgan fingerprint density at radius 2 is 1.78 bits per heavy atom. The fourth-order valence-electron chi connectivity index (χ4n) is 3.31. The summed E-state index contributed by atoms with van der Waals surface area (Å²) in [6.45, 7) is 9.93. The SMILES string of the molecule is Cc1cc(N2CCC(C(=O)O)CC2)nc(Nc2ccc(C(C)(C)C)cc2)n1. The molecule has 6 heteroatoms. The lowest BCUT2D eigenvalue weighted by molar-refractivity contribution is -0.142. The van der Waals surface area contributed by atoms with Crippen LogP contribution in [-0.4, -0.2) is 34.1 Å². The van der Waals surface area contributed by atoms with Crippen LogP contribution in [0.5, 0.6) is 0 Å². The van der Waals surface area contributed by atoms with E-state index in [0.29, 0.717) is 31.9 Å². The third kappa shape index (κ3) is 4.76. The fraction of sp³-hybridized carbons (Fsp3) is 0.476. The highest BCUT2D eigenvalue weighted by Gasteiger charge is 2.25. The molecule has 0 radical (unpaired) electrons. The van der Waals surface area contributed by atoms with Crippen molar-refractivity contribution in [1.82, 2.24) is 9.97 Å². The Kier molecular flexibility index (Phi) is 5.35. The van der Waals surface area contributed by atoms with Crippen molar-refractivity contribution >= 4 is 23.4 Å². The second-order valence-electron chi connectivity index (χ2n) is 8.24. The third-order valence-electron chi connectivity index (χ3n) is 5.02. The third-order valence-corrected chi connectivity index (χ3v) is 5.02. The van der Waals surface area contributed by atoms with Crippen molar-refractivity contribution in [3.63, 3.8) is 0 Å². The molecule has 1 fully saturated rings. The van der Waals surface area contributed by atoms with Crippen LogP contribution in [0.2, 0.25) is 0 Å². The van der Waals surface area contributed by atoms with Gasteiger partial charge in [-0.25, -0.2) is 4.98 Å². The van der Waals surface area contributed by atoms with Gasteiger partial charge in [0.2, 0.25) is 5.95 Å². The summed E-state index contributed by atoms with van der Waals surface area (Å²) in [5.41, 5.74) is 3.23. The number of aryl methyl sites for hydroxylation is 1. The number of hydrogen-bond acceptors (Lipinski definition) is 5. The standard InChI is InChI=1S/C21H28N4O2/c1-14-13-18(25-11-9-15(10-12-25)19(26)27)24-20(22-14)23-17-7-5-16(6-8-17)21(2,3)4/h5-8,13,15H,9-12H2,1-4H3,(H,26,27)(H,22,23,24). The van der Waals surface area contributed by atoms with Crippen molar-refractivity contribution < 1.29 is 9.90 Å². The van der Waals surface area contributed by atoms with Crippen molar-refractivity contribution in [2.75, 3.05) is 23.3 Å². The molecule has 2 aromatic rings. The number of carboxylic acid groups (broad SMARTS) is 1. The highest BCUT2D eigenvalue weighted by molar-refractivity contribution is 5.70. The van der Waals surface area contributed by atoms with Gasteiger partial charge in [0.25, 0.3) is 0 Å². The lowest BCUT2D eigenvalue weighted by Gasteiger charge is -2.31. The Morgan fingerprint density at radius 3 is 2.33 bits per heavy atom. The van der Waals surface area contributed by atoms with E-state index in [0.717, 1.165) is 17.2 Å². The number of nitrogens with zero attached hydrogens (tertiary/aromatic N) is 3. The summed E-state index contributed by atoms with van der Waals surface area (Å²) in [5.74, 6) is 0.465. The van der Waals surface area contributed by atoms with Gasteiger partial charge in [0.1, 0.15) is 5.82 Å². The molecular formula is C21H28N4O2. The van der Waals surface area contributed by atoms with Gasteiger partial charge in [-0.15, -0.1) is 0 Å². The fourth-order valence-corrected chi connectivity index (χ4v) is 3.31. The zero-order valence-corrected chi connectivity index (χ0v) is 16.5. The minimum atomic E-state index is -0.699. The molecule has 27 heavy (non-hydrogen) atoms. The van der Waals surface area contributed by atoms with E-state index in [1.165, 1.54) is 5.56 Å². The molecule has 0 atom stereocenters. The summed E-state index contributed by atoms with van der Waals surface area (Å²) in [4.78, 5) is 22.4. The summed E-state index contributed by atoms with van der Waals surface area (Å²) in [6.07, 6.45) is 1.30. The van der Waals surface area contributed by atoms with Crippen molar-refractivity contribution in [3.05, 3.63) is 41.6 Å². The topological polar surface area (TPSA) is 78.4 Å². The van der Waals surface area contributed by atoms with E-state index < -0.39 is 5.97 Å². The van der Waals surface area contributed by atoms with Crippen LogP contribution in [0.1, 0.15) is 44.9 Å². The van der Waals surface area contributed by atoms with Crippen LogP contribution in [0.15, 0.2) is 30.3 Å². The first-order valence-electron chi connectivity index (χ1n) is 9.43. The van der Waals surface area contributed by atoms with E-state index >= 15 is 0 Å². The number of nitrogens with one attached hydrogen (secondary N) is 1. The molecule has 2 heterocycles. The normalized spacial score (nSPS) is 15.6. The number of carboxylic acids is 1. The van der Waals surface area contributed by atoms with E-state index in [1.807, 2.05) is 25.1 Å². The Hall–Kier alpha value is -2.63. The van der Waals surface area contributed by atoms with Crippen LogP contribution in [0.3, 0.4) is 0 Å². The second-order valence-corrected chi connectivity index (χ2v) is 8.24. The molecule has 1 aliphatic rings. The summed E-state index contributed by atoms with van der Waals surface area (Å²) < 4.78 is 0. The molecule has 1 aliphatic heterocycles. The number of benzene rings is 1. The number of aliphatic carboxylic acids is 1. The van der Waals surface area contributed by atoms with Crippen molar-refractivity contribution in [2.24, 2.45) is 5.92 Å². The molecule has 2 N–H and O–H groups in total. The van der Waals surface area contributed by atoms with E-state index in [1.54, 1.807) is 0 Å². The Labute approximate surface area is 160 Å².